The number of nitrogens with zero attached hydrogens (tertiary/aromatic N) is 4. The molecule has 0 aliphatic heterocycles. The van der Waals surface area contributed by atoms with Crippen molar-refractivity contribution in [3.8, 4) is 11.4 Å². The predicted molar refractivity (Wildman–Crippen MR) is 112 cm³/mol. The zero-order valence-corrected chi connectivity index (χ0v) is 17.0. The van der Waals surface area contributed by atoms with Crippen molar-refractivity contribution in [2.75, 3.05) is 7.11 Å². The van der Waals surface area contributed by atoms with E-state index in [4.69, 9.17) is 16.3 Å². The number of rotatable bonds is 4. The fourth-order valence-corrected chi connectivity index (χ4v) is 3.50. The summed E-state index contributed by atoms with van der Waals surface area (Å²) in [4.78, 5) is 25.7. The summed E-state index contributed by atoms with van der Waals surface area (Å²) in [6.45, 7) is 4.27. The Balaban J connectivity index is 1.82. The molecular formula is C21H19ClN4O3. The molecule has 0 spiro atoms. The highest BCUT2D eigenvalue weighted by Crippen LogP contribution is 2.26. The molecule has 0 N–H and O–H groups in total. The molecule has 148 valence electrons. The van der Waals surface area contributed by atoms with Crippen LogP contribution in [-0.4, -0.2) is 25.9 Å². The van der Waals surface area contributed by atoms with Gasteiger partial charge in [-0.2, -0.15) is 0 Å². The second-order valence-electron chi connectivity index (χ2n) is 6.86. The predicted octanol–water partition coefficient (Wildman–Crippen LogP) is 2.97. The molecule has 0 amide bonds. The number of ether oxygens (including phenoxy) is 1. The number of hydrogen-bond donors (Lipinski definition) is 0. The molecule has 0 fully saturated rings. The molecule has 2 heterocycles. The Bertz CT molecular complexity index is 1350. The lowest BCUT2D eigenvalue weighted by atomic mass is 10.1. The first-order valence-corrected chi connectivity index (χ1v) is 9.37. The summed E-state index contributed by atoms with van der Waals surface area (Å²) in [5.74, 6) is 0.513. The number of benzene rings is 2. The second-order valence-corrected chi connectivity index (χ2v) is 7.26. The van der Waals surface area contributed by atoms with Crippen molar-refractivity contribution in [3.63, 3.8) is 0 Å². The molecule has 2 aromatic heterocycles. The molecule has 29 heavy (non-hydrogen) atoms. The average molecular weight is 411 g/mol. The van der Waals surface area contributed by atoms with Gasteiger partial charge in [-0.3, -0.25) is 9.36 Å². The molecule has 8 heteroatoms. The molecule has 4 aromatic rings. The van der Waals surface area contributed by atoms with Crippen molar-refractivity contribution >= 4 is 17.2 Å². The average Bonchev–Trinajstić information content (AvgIpc) is 3.02. The first-order chi connectivity index (χ1) is 13.9. The number of fused-ring (bicyclic) bond motifs is 1. The normalized spacial score (nSPS) is 11.2. The van der Waals surface area contributed by atoms with E-state index in [0.717, 1.165) is 16.7 Å². The minimum atomic E-state index is -0.412. The van der Waals surface area contributed by atoms with E-state index in [1.807, 2.05) is 32.0 Å². The molecule has 4 rings (SSSR count). The van der Waals surface area contributed by atoms with Gasteiger partial charge in [-0.05, 0) is 43.2 Å². The van der Waals surface area contributed by atoms with E-state index in [2.05, 4.69) is 5.10 Å². The van der Waals surface area contributed by atoms with E-state index >= 15 is 0 Å². The molecule has 0 atom stereocenters. The summed E-state index contributed by atoms with van der Waals surface area (Å²) < 4.78 is 9.12. The Kier molecular flexibility index (Phi) is 4.76. The molecular weight excluding hydrogens is 392 g/mol. The van der Waals surface area contributed by atoms with Gasteiger partial charge in [0.1, 0.15) is 5.75 Å². The Hall–Kier alpha value is -3.32. The van der Waals surface area contributed by atoms with Gasteiger partial charge < -0.3 is 4.74 Å². The summed E-state index contributed by atoms with van der Waals surface area (Å²) in [5.41, 5.74) is 2.97. The topological polar surface area (TPSA) is 70.5 Å². The molecule has 0 unspecified atom stereocenters. The van der Waals surface area contributed by atoms with E-state index in [0.29, 0.717) is 23.0 Å². The fourth-order valence-electron chi connectivity index (χ4n) is 3.25. The summed E-state index contributed by atoms with van der Waals surface area (Å²) in [7, 11) is 1.52. The largest absolute Gasteiger partial charge is 0.495 e. The lowest BCUT2D eigenvalue weighted by Gasteiger charge is -2.08. The zero-order chi connectivity index (χ0) is 20.7. The number of halogens is 1. The van der Waals surface area contributed by atoms with Gasteiger partial charge in [0.15, 0.2) is 0 Å². The van der Waals surface area contributed by atoms with Crippen molar-refractivity contribution in [3.05, 3.63) is 91.3 Å². The Morgan fingerprint density at radius 2 is 1.86 bits per heavy atom. The summed E-state index contributed by atoms with van der Waals surface area (Å²) in [5, 5.41) is 4.68. The number of methoxy groups -OCH3 is 1. The maximum atomic E-state index is 13.0. The minimum absolute atomic E-state index is 0.0507. The second kappa shape index (κ2) is 7.25. The minimum Gasteiger partial charge on any atom is -0.495 e. The Morgan fingerprint density at radius 3 is 2.59 bits per heavy atom. The van der Waals surface area contributed by atoms with Crippen LogP contribution in [0.4, 0.5) is 0 Å². The number of aromatic nitrogens is 4. The van der Waals surface area contributed by atoms with Crippen LogP contribution in [0.2, 0.25) is 5.02 Å². The van der Waals surface area contributed by atoms with Crippen LogP contribution in [-0.2, 0) is 6.54 Å². The quantitative estimate of drug-likeness (QED) is 0.518. The summed E-state index contributed by atoms with van der Waals surface area (Å²) in [6, 6.07) is 11.1. The fraction of sp³-hybridized carbons (Fsp3) is 0.190. The van der Waals surface area contributed by atoms with Crippen molar-refractivity contribution < 1.29 is 4.74 Å². The Morgan fingerprint density at radius 1 is 1.07 bits per heavy atom. The standard InChI is InChI=1S/C21H19ClN4O3/c1-13-4-5-14(2)15(10-13)12-26-21(28)25-9-8-24(20(27)19(25)23-26)16-6-7-18(29-3)17(22)11-16/h4-11H,12H2,1-3H3. The molecule has 0 radical (unpaired) electrons. The van der Waals surface area contributed by atoms with E-state index in [1.54, 1.807) is 18.2 Å². The lowest BCUT2D eigenvalue weighted by molar-refractivity contribution is 0.415. The van der Waals surface area contributed by atoms with Crippen LogP contribution in [0.3, 0.4) is 0 Å². The third kappa shape index (κ3) is 3.34. The van der Waals surface area contributed by atoms with Crippen molar-refractivity contribution in [2.24, 2.45) is 0 Å². The third-order valence-corrected chi connectivity index (χ3v) is 5.18. The summed E-state index contributed by atoms with van der Waals surface area (Å²) in [6.07, 6.45) is 3.06. The van der Waals surface area contributed by atoms with Crippen molar-refractivity contribution in [1.82, 2.24) is 18.7 Å². The van der Waals surface area contributed by atoms with Crippen LogP contribution in [0.25, 0.3) is 11.3 Å². The third-order valence-electron chi connectivity index (χ3n) is 4.88. The van der Waals surface area contributed by atoms with Crippen LogP contribution >= 0.6 is 11.6 Å². The first-order valence-electron chi connectivity index (χ1n) is 9.00. The number of hydrogen-bond acceptors (Lipinski definition) is 4. The van der Waals surface area contributed by atoms with Crippen LogP contribution in [0.15, 0.2) is 58.4 Å². The van der Waals surface area contributed by atoms with Crippen LogP contribution in [0.5, 0.6) is 5.75 Å². The molecule has 0 saturated carbocycles. The zero-order valence-electron chi connectivity index (χ0n) is 16.2. The van der Waals surface area contributed by atoms with E-state index in [9.17, 15) is 9.59 Å². The van der Waals surface area contributed by atoms with Crippen molar-refractivity contribution in [2.45, 2.75) is 20.4 Å². The smallest absolute Gasteiger partial charge is 0.350 e. The highest BCUT2D eigenvalue weighted by Gasteiger charge is 2.14. The highest BCUT2D eigenvalue weighted by atomic mass is 35.5. The first kappa shape index (κ1) is 19.0. The van der Waals surface area contributed by atoms with Gasteiger partial charge in [-0.25, -0.2) is 13.9 Å². The van der Waals surface area contributed by atoms with Crippen molar-refractivity contribution in [1.29, 1.82) is 0 Å². The van der Waals surface area contributed by atoms with Gasteiger partial charge in [0.05, 0.1) is 24.4 Å². The molecule has 0 aliphatic rings. The summed E-state index contributed by atoms with van der Waals surface area (Å²) >= 11 is 6.18. The van der Waals surface area contributed by atoms with Gasteiger partial charge in [0.2, 0.25) is 5.65 Å². The van der Waals surface area contributed by atoms with E-state index < -0.39 is 5.56 Å². The van der Waals surface area contributed by atoms with Crippen LogP contribution in [0, 0.1) is 13.8 Å². The maximum absolute atomic E-state index is 13.0. The Labute approximate surface area is 171 Å². The highest BCUT2D eigenvalue weighted by molar-refractivity contribution is 6.32. The van der Waals surface area contributed by atoms with Gasteiger partial charge in [0.25, 0.3) is 0 Å². The molecule has 2 aromatic carbocycles. The molecule has 0 aliphatic carbocycles. The molecule has 0 saturated heterocycles. The van der Waals surface area contributed by atoms with Crippen LogP contribution in [0.1, 0.15) is 16.7 Å². The van der Waals surface area contributed by atoms with Gasteiger partial charge in [-0.15, -0.1) is 5.10 Å². The molecule has 0 bridgehead atoms. The van der Waals surface area contributed by atoms with E-state index in [1.165, 1.54) is 33.2 Å². The molecule has 7 nitrogen and oxygen atoms in total. The number of aryl methyl sites for hydroxylation is 2. The van der Waals surface area contributed by atoms with Crippen LogP contribution < -0.4 is 16.0 Å². The van der Waals surface area contributed by atoms with Gasteiger partial charge in [-0.1, -0.05) is 35.4 Å². The van der Waals surface area contributed by atoms with Gasteiger partial charge in [0, 0.05) is 12.4 Å². The van der Waals surface area contributed by atoms with Gasteiger partial charge >= 0.3 is 11.2 Å². The maximum Gasteiger partial charge on any atom is 0.350 e. The van der Waals surface area contributed by atoms with E-state index in [-0.39, 0.29) is 11.3 Å². The SMILES string of the molecule is COc1ccc(-n2ccn3c(=O)n(Cc4cc(C)ccc4C)nc3c2=O)cc1Cl. The monoisotopic (exact) mass is 410 g/mol. The lowest BCUT2D eigenvalue weighted by Crippen LogP contribution is -2.24.